The number of rotatable bonds is 5. The van der Waals surface area contributed by atoms with E-state index in [1.807, 2.05) is 0 Å². The summed E-state index contributed by atoms with van der Waals surface area (Å²) in [6.07, 6.45) is 0. The van der Waals surface area contributed by atoms with Crippen LogP contribution in [0.3, 0.4) is 0 Å². The molecule has 0 spiro atoms. The molecule has 0 atom stereocenters. The molecule has 0 fully saturated rings. The number of hydrogen-bond donors (Lipinski definition) is 1. The van der Waals surface area contributed by atoms with Gasteiger partial charge >= 0.3 is 0 Å². The van der Waals surface area contributed by atoms with Crippen molar-refractivity contribution in [3.05, 3.63) is 48.0 Å². The molecule has 6 heteroatoms. The predicted molar refractivity (Wildman–Crippen MR) is 81.3 cm³/mol. The number of anilines is 1. The molecule has 0 aromatic heterocycles. The minimum absolute atomic E-state index is 0.128. The maximum absolute atomic E-state index is 12.4. The Labute approximate surface area is 124 Å². The Morgan fingerprint density at radius 3 is 2.33 bits per heavy atom. The number of ether oxygens (including phenoxy) is 2. The van der Waals surface area contributed by atoms with E-state index in [1.54, 1.807) is 30.3 Å². The zero-order valence-corrected chi connectivity index (χ0v) is 12.7. The summed E-state index contributed by atoms with van der Waals surface area (Å²) >= 11 is 0. The van der Waals surface area contributed by atoms with E-state index in [-0.39, 0.29) is 10.6 Å². The summed E-state index contributed by atoms with van der Waals surface area (Å²) in [6.45, 7) is 0. The van der Waals surface area contributed by atoms with Crippen molar-refractivity contribution in [2.75, 3.05) is 20.0 Å². The first-order valence-corrected chi connectivity index (χ1v) is 7.90. The molecule has 2 N–H and O–H groups in total. The molecule has 0 amide bonds. The Balaban J connectivity index is 2.33. The lowest BCUT2D eigenvalue weighted by Gasteiger charge is -2.10. The van der Waals surface area contributed by atoms with Gasteiger partial charge in [-0.15, -0.1) is 0 Å². The van der Waals surface area contributed by atoms with Crippen molar-refractivity contribution in [1.82, 2.24) is 0 Å². The summed E-state index contributed by atoms with van der Waals surface area (Å²) in [5.74, 6) is 0.928. The maximum Gasteiger partial charge on any atom is 0.182 e. The van der Waals surface area contributed by atoms with E-state index >= 15 is 0 Å². The van der Waals surface area contributed by atoms with E-state index in [9.17, 15) is 8.42 Å². The number of hydrogen-bond acceptors (Lipinski definition) is 5. The standard InChI is InChI=1S/C15H17NO4S/c1-19-14-7-6-11(8-15(14)20-2)10-21(17,18)13-5-3-4-12(16)9-13/h3-9H,10,16H2,1-2H3. The minimum atomic E-state index is -3.46. The fraction of sp³-hybridized carbons (Fsp3) is 0.200. The third-order valence-electron chi connectivity index (χ3n) is 3.02. The molecule has 0 saturated carbocycles. The van der Waals surface area contributed by atoms with Gasteiger partial charge in [0.1, 0.15) is 0 Å². The number of nitrogen functional groups attached to an aromatic ring is 1. The number of sulfone groups is 1. The average molecular weight is 307 g/mol. The second kappa shape index (κ2) is 6.05. The Kier molecular flexibility index (Phi) is 4.37. The van der Waals surface area contributed by atoms with Gasteiger partial charge < -0.3 is 15.2 Å². The van der Waals surface area contributed by atoms with Crippen molar-refractivity contribution in [2.24, 2.45) is 0 Å². The van der Waals surface area contributed by atoms with E-state index in [4.69, 9.17) is 15.2 Å². The van der Waals surface area contributed by atoms with E-state index in [1.165, 1.54) is 26.4 Å². The molecule has 112 valence electrons. The van der Waals surface area contributed by atoms with Crippen LogP contribution in [0.2, 0.25) is 0 Å². The Morgan fingerprint density at radius 2 is 1.71 bits per heavy atom. The van der Waals surface area contributed by atoms with Crippen LogP contribution >= 0.6 is 0 Å². The van der Waals surface area contributed by atoms with Crippen molar-refractivity contribution in [2.45, 2.75) is 10.6 Å². The van der Waals surface area contributed by atoms with Gasteiger partial charge in [-0.05, 0) is 35.9 Å². The van der Waals surface area contributed by atoms with Gasteiger partial charge in [-0.25, -0.2) is 8.42 Å². The Bertz CT molecular complexity index is 741. The van der Waals surface area contributed by atoms with Gasteiger partial charge in [0.05, 0.1) is 24.9 Å². The van der Waals surface area contributed by atoms with Crippen molar-refractivity contribution in [3.63, 3.8) is 0 Å². The summed E-state index contributed by atoms with van der Waals surface area (Å²) in [4.78, 5) is 0.206. The molecule has 0 bridgehead atoms. The minimum Gasteiger partial charge on any atom is -0.493 e. The predicted octanol–water partition coefficient (Wildman–Crippen LogP) is 2.26. The first-order valence-electron chi connectivity index (χ1n) is 6.25. The summed E-state index contributed by atoms with van der Waals surface area (Å²) < 4.78 is 35.1. The van der Waals surface area contributed by atoms with E-state index in [0.29, 0.717) is 22.7 Å². The SMILES string of the molecule is COc1ccc(CS(=O)(=O)c2cccc(N)c2)cc1OC. The molecule has 2 aromatic carbocycles. The van der Waals surface area contributed by atoms with Crippen LogP contribution in [-0.4, -0.2) is 22.6 Å². The van der Waals surface area contributed by atoms with Gasteiger partial charge in [0.25, 0.3) is 0 Å². The van der Waals surface area contributed by atoms with Crippen LogP contribution in [0, 0.1) is 0 Å². The zero-order valence-electron chi connectivity index (χ0n) is 11.9. The molecule has 0 unspecified atom stereocenters. The average Bonchev–Trinajstić information content (AvgIpc) is 2.46. The third kappa shape index (κ3) is 3.46. The highest BCUT2D eigenvalue weighted by Gasteiger charge is 2.17. The summed E-state index contributed by atoms with van der Waals surface area (Å²) in [5.41, 5.74) is 6.67. The number of methoxy groups -OCH3 is 2. The molecule has 0 radical (unpaired) electrons. The van der Waals surface area contributed by atoms with Gasteiger partial charge in [-0.3, -0.25) is 0 Å². The molecule has 0 aliphatic rings. The second-order valence-electron chi connectivity index (χ2n) is 4.52. The largest absolute Gasteiger partial charge is 0.493 e. The van der Waals surface area contributed by atoms with Crippen LogP contribution in [0.1, 0.15) is 5.56 Å². The highest BCUT2D eigenvalue weighted by Crippen LogP contribution is 2.29. The van der Waals surface area contributed by atoms with Crippen molar-refractivity contribution in [3.8, 4) is 11.5 Å². The first-order chi connectivity index (χ1) is 9.96. The van der Waals surface area contributed by atoms with Crippen LogP contribution in [0.5, 0.6) is 11.5 Å². The molecule has 0 heterocycles. The van der Waals surface area contributed by atoms with Crippen LogP contribution in [0.25, 0.3) is 0 Å². The maximum atomic E-state index is 12.4. The highest BCUT2D eigenvalue weighted by atomic mass is 32.2. The molecule has 0 aliphatic heterocycles. The first kappa shape index (κ1) is 15.2. The molecule has 5 nitrogen and oxygen atoms in total. The van der Waals surface area contributed by atoms with Crippen LogP contribution in [0.15, 0.2) is 47.4 Å². The van der Waals surface area contributed by atoms with E-state index < -0.39 is 9.84 Å². The van der Waals surface area contributed by atoms with Gasteiger partial charge in [-0.2, -0.15) is 0 Å². The molecule has 21 heavy (non-hydrogen) atoms. The molecular weight excluding hydrogens is 290 g/mol. The summed E-state index contributed by atoms with van der Waals surface area (Å²) in [5, 5.41) is 0. The molecular formula is C15H17NO4S. The van der Waals surface area contributed by atoms with Crippen LogP contribution in [-0.2, 0) is 15.6 Å². The number of benzene rings is 2. The van der Waals surface area contributed by atoms with Crippen molar-refractivity contribution in [1.29, 1.82) is 0 Å². The van der Waals surface area contributed by atoms with E-state index in [0.717, 1.165) is 0 Å². The van der Waals surface area contributed by atoms with Gasteiger partial charge in [0, 0.05) is 5.69 Å². The third-order valence-corrected chi connectivity index (χ3v) is 4.71. The lowest BCUT2D eigenvalue weighted by Crippen LogP contribution is -2.06. The van der Waals surface area contributed by atoms with Gasteiger partial charge in [0.15, 0.2) is 21.3 Å². The summed E-state index contributed by atoms with van der Waals surface area (Å²) in [7, 11) is -0.420. The fourth-order valence-electron chi connectivity index (χ4n) is 1.98. The monoisotopic (exact) mass is 307 g/mol. The Morgan fingerprint density at radius 1 is 1.00 bits per heavy atom. The molecule has 2 rings (SSSR count). The Hall–Kier alpha value is -2.21. The molecule has 0 saturated heterocycles. The fourth-order valence-corrected chi connectivity index (χ4v) is 3.37. The highest BCUT2D eigenvalue weighted by molar-refractivity contribution is 7.90. The van der Waals surface area contributed by atoms with Gasteiger partial charge in [-0.1, -0.05) is 12.1 Å². The van der Waals surface area contributed by atoms with Crippen LogP contribution in [0.4, 0.5) is 5.69 Å². The topological polar surface area (TPSA) is 78.6 Å². The van der Waals surface area contributed by atoms with Gasteiger partial charge in [0.2, 0.25) is 0 Å². The normalized spacial score (nSPS) is 11.1. The number of nitrogens with two attached hydrogens (primary N) is 1. The zero-order chi connectivity index (χ0) is 15.5. The van der Waals surface area contributed by atoms with Crippen molar-refractivity contribution < 1.29 is 17.9 Å². The lowest BCUT2D eigenvalue weighted by atomic mass is 10.2. The van der Waals surface area contributed by atoms with E-state index in [2.05, 4.69) is 0 Å². The second-order valence-corrected chi connectivity index (χ2v) is 6.51. The molecule has 0 aliphatic carbocycles. The van der Waals surface area contributed by atoms with Crippen molar-refractivity contribution >= 4 is 15.5 Å². The summed E-state index contributed by atoms with van der Waals surface area (Å²) in [6, 6.07) is 11.3. The quantitative estimate of drug-likeness (QED) is 0.857. The lowest BCUT2D eigenvalue weighted by molar-refractivity contribution is 0.354. The molecule has 2 aromatic rings. The smallest absolute Gasteiger partial charge is 0.182 e. The van der Waals surface area contributed by atoms with Crippen LogP contribution < -0.4 is 15.2 Å².